The van der Waals surface area contributed by atoms with Crippen molar-refractivity contribution in [1.82, 2.24) is 19.9 Å². The molecule has 1 atom stereocenters. The van der Waals surface area contributed by atoms with Gasteiger partial charge in [-0.15, -0.1) is 0 Å². The number of likely N-dealkylation sites (tertiary alicyclic amines) is 1. The second-order valence-electron chi connectivity index (χ2n) is 5.91. The van der Waals surface area contributed by atoms with Crippen LogP contribution in [0.15, 0.2) is 21.3 Å². The molecule has 1 aliphatic heterocycles. The fourth-order valence-corrected chi connectivity index (χ4v) is 3.55. The van der Waals surface area contributed by atoms with Crippen molar-refractivity contribution in [2.75, 3.05) is 20.1 Å². The number of thiophene rings is 1. The van der Waals surface area contributed by atoms with E-state index < -0.39 is 0 Å². The first-order chi connectivity index (χ1) is 11.2. The lowest BCUT2D eigenvalue weighted by molar-refractivity contribution is -0.131. The highest BCUT2D eigenvalue weighted by atomic mass is 32.1. The largest absolute Gasteiger partial charge is 0.340 e. The van der Waals surface area contributed by atoms with Gasteiger partial charge in [-0.3, -0.25) is 9.69 Å². The highest BCUT2D eigenvalue weighted by Crippen LogP contribution is 2.29. The van der Waals surface area contributed by atoms with Gasteiger partial charge in [0, 0.05) is 20.0 Å². The monoisotopic (exact) mass is 334 g/mol. The third kappa shape index (κ3) is 3.79. The standard InChI is InChI=1S/C16H22N4O2S/c1-3-14-17-16(18-22-14)13-5-4-7-20(13)10-15(21)19(2)9-12-6-8-23-11-12/h6,8,11,13H,3-5,7,9-10H2,1-2H3/t13-/m0/s1. The van der Waals surface area contributed by atoms with Crippen LogP contribution < -0.4 is 0 Å². The summed E-state index contributed by atoms with van der Waals surface area (Å²) in [5.41, 5.74) is 1.18. The van der Waals surface area contributed by atoms with E-state index in [1.54, 1.807) is 16.2 Å². The second kappa shape index (κ2) is 7.23. The molecule has 1 aliphatic rings. The molecule has 0 bridgehead atoms. The third-order valence-corrected chi connectivity index (χ3v) is 4.94. The van der Waals surface area contributed by atoms with Crippen LogP contribution in [-0.4, -0.2) is 46.0 Å². The Labute approximate surface area is 140 Å². The van der Waals surface area contributed by atoms with Crippen LogP contribution in [0, 0.1) is 0 Å². The molecule has 3 rings (SSSR count). The maximum absolute atomic E-state index is 12.5. The predicted molar refractivity (Wildman–Crippen MR) is 88.0 cm³/mol. The fourth-order valence-electron chi connectivity index (χ4n) is 2.89. The van der Waals surface area contributed by atoms with Crippen LogP contribution in [0.4, 0.5) is 0 Å². The van der Waals surface area contributed by atoms with Gasteiger partial charge in [-0.1, -0.05) is 12.1 Å². The summed E-state index contributed by atoms with van der Waals surface area (Å²) in [7, 11) is 1.86. The lowest BCUT2D eigenvalue weighted by atomic mass is 10.2. The second-order valence-corrected chi connectivity index (χ2v) is 6.69. The molecule has 6 nitrogen and oxygen atoms in total. The number of amides is 1. The summed E-state index contributed by atoms with van der Waals surface area (Å²) in [6.45, 7) is 3.95. The Kier molecular flexibility index (Phi) is 5.07. The summed E-state index contributed by atoms with van der Waals surface area (Å²) in [5, 5.41) is 8.19. The van der Waals surface area contributed by atoms with E-state index in [2.05, 4.69) is 26.5 Å². The third-order valence-electron chi connectivity index (χ3n) is 4.21. The van der Waals surface area contributed by atoms with Gasteiger partial charge in [-0.2, -0.15) is 16.3 Å². The van der Waals surface area contributed by atoms with Crippen molar-refractivity contribution in [3.05, 3.63) is 34.1 Å². The maximum Gasteiger partial charge on any atom is 0.236 e. The molecule has 1 saturated heterocycles. The van der Waals surface area contributed by atoms with E-state index >= 15 is 0 Å². The molecule has 1 fully saturated rings. The van der Waals surface area contributed by atoms with Crippen molar-refractivity contribution in [2.24, 2.45) is 0 Å². The van der Waals surface area contributed by atoms with Crippen molar-refractivity contribution in [3.8, 4) is 0 Å². The SMILES string of the molecule is CCc1nc([C@@H]2CCCN2CC(=O)N(C)Cc2ccsc2)no1. The zero-order valence-electron chi connectivity index (χ0n) is 13.6. The summed E-state index contributed by atoms with van der Waals surface area (Å²) in [6, 6.07) is 2.15. The van der Waals surface area contributed by atoms with Gasteiger partial charge >= 0.3 is 0 Å². The number of likely N-dealkylation sites (N-methyl/N-ethyl adjacent to an activating group) is 1. The van der Waals surface area contributed by atoms with Crippen LogP contribution in [0.3, 0.4) is 0 Å². The number of aryl methyl sites for hydroxylation is 1. The van der Waals surface area contributed by atoms with Crippen LogP contribution in [0.1, 0.15) is 43.1 Å². The number of hydrogen-bond donors (Lipinski definition) is 0. The van der Waals surface area contributed by atoms with E-state index in [0.717, 1.165) is 25.8 Å². The molecule has 23 heavy (non-hydrogen) atoms. The first kappa shape index (κ1) is 16.1. The molecular weight excluding hydrogens is 312 g/mol. The highest BCUT2D eigenvalue weighted by Gasteiger charge is 2.31. The summed E-state index contributed by atoms with van der Waals surface area (Å²) in [4.78, 5) is 20.9. The summed E-state index contributed by atoms with van der Waals surface area (Å²) in [6.07, 6.45) is 2.77. The van der Waals surface area contributed by atoms with E-state index in [0.29, 0.717) is 24.8 Å². The van der Waals surface area contributed by atoms with Crippen molar-refractivity contribution >= 4 is 17.2 Å². The molecule has 2 aromatic heterocycles. The highest BCUT2D eigenvalue weighted by molar-refractivity contribution is 7.07. The van der Waals surface area contributed by atoms with Crippen molar-refractivity contribution in [3.63, 3.8) is 0 Å². The molecule has 0 unspecified atom stereocenters. The molecule has 0 spiro atoms. The number of carbonyl (C=O) groups is 1. The Morgan fingerprint density at radius 2 is 2.43 bits per heavy atom. The van der Waals surface area contributed by atoms with Crippen LogP contribution in [-0.2, 0) is 17.8 Å². The van der Waals surface area contributed by atoms with Crippen LogP contribution in [0.5, 0.6) is 0 Å². The molecule has 0 radical (unpaired) electrons. The van der Waals surface area contributed by atoms with E-state index in [1.165, 1.54) is 5.56 Å². The van der Waals surface area contributed by atoms with Gasteiger partial charge in [0.2, 0.25) is 11.8 Å². The lowest BCUT2D eigenvalue weighted by Crippen LogP contribution is -2.38. The quantitative estimate of drug-likeness (QED) is 0.812. The Hall–Kier alpha value is -1.73. The molecule has 124 valence electrons. The zero-order valence-corrected chi connectivity index (χ0v) is 14.4. The van der Waals surface area contributed by atoms with Crippen LogP contribution in [0.25, 0.3) is 0 Å². The number of carbonyl (C=O) groups excluding carboxylic acids is 1. The van der Waals surface area contributed by atoms with Gasteiger partial charge in [-0.25, -0.2) is 0 Å². The fraction of sp³-hybridized carbons (Fsp3) is 0.562. The molecule has 1 amide bonds. The first-order valence-corrected chi connectivity index (χ1v) is 8.93. The smallest absolute Gasteiger partial charge is 0.236 e. The Bertz CT molecular complexity index is 640. The van der Waals surface area contributed by atoms with Crippen molar-refractivity contribution < 1.29 is 9.32 Å². The Morgan fingerprint density at radius 1 is 1.57 bits per heavy atom. The minimum Gasteiger partial charge on any atom is -0.340 e. The molecular formula is C16H22N4O2S. The Balaban J connectivity index is 1.60. The lowest BCUT2D eigenvalue weighted by Gasteiger charge is -2.24. The molecule has 3 heterocycles. The van der Waals surface area contributed by atoms with Crippen LogP contribution in [0.2, 0.25) is 0 Å². The van der Waals surface area contributed by atoms with Crippen molar-refractivity contribution in [2.45, 2.75) is 38.8 Å². The normalized spacial score (nSPS) is 18.4. The van der Waals surface area contributed by atoms with Gasteiger partial charge in [0.1, 0.15) is 0 Å². The summed E-state index contributed by atoms with van der Waals surface area (Å²) < 4.78 is 5.22. The van der Waals surface area contributed by atoms with Gasteiger partial charge in [0.05, 0.1) is 12.6 Å². The topological polar surface area (TPSA) is 62.5 Å². The zero-order chi connectivity index (χ0) is 16.2. The minimum atomic E-state index is 0.0950. The first-order valence-electron chi connectivity index (χ1n) is 7.99. The molecule has 0 aromatic carbocycles. The molecule has 7 heteroatoms. The number of aromatic nitrogens is 2. The van der Waals surface area contributed by atoms with E-state index in [4.69, 9.17) is 4.52 Å². The number of rotatable bonds is 6. The summed E-state index contributed by atoms with van der Waals surface area (Å²) in [5.74, 6) is 1.50. The number of nitrogens with zero attached hydrogens (tertiary/aromatic N) is 4. The molecule has 0 N–H and O–H groups in total. The van der Waals surface area contributed by atoms with Gasteiger partial charge in [0.15, 0.2) is 5.82 Å². The maximum atomic E-state index is 12.5. The van der Waals surface area contributed by atoms with Gasteiger partial charge in [0.25, 0.3) is 0 Å². The predicted octanol–water partition coefficient (Wildman–Crippen LogP) is 2.49. The van der Waals surface area contributed by atoms with E-state index in [-0.39, 0.29) is 11.9 Å². The molecule has 0 saturated carbocycles. The minimum absolute atomic E-state index is 0.0950. The van der Waals surface area contributed by atoms with Crippen LogP contribution >= 0.6 is 11.3 Å². The van der Waals surface area contributed by atoms with Crippen molar-refractivity contribution in [1.29, 1.82) is 0 Å². The molecule has 2 aromatic rings. The molecule has 0 aliphatic carbocycles. The van der Waals surface area contributed by atoms with E-state index in [9.17, 15) is 4.79 Å². The average Bonchev–Trinajstić information content (AvgIpc) is 3.27. The van der Waals surface area contributed by atoms with E-state index in [1.807, 2.05) is 19.4 Å². The summed E-state index contributed by atoms with van der Waals surface area (Å²) >= 11 is 1.65. The Morgan fingerprint density at radius 3 is 3.13 bits per heavy atom. The van der Waals surface area contributed by atoms with Gasteiger partial charge < -0.3 is 9.42 Å². The van der Waals surface area contributed by atoms with Gasteiger partial charge in [-0.05, 0) is 41.8 Å². The number of hydrogen-bond acceptors (Lipinski definition) is 6. The average molecular weight is 334 g/mol.